The van der Waals surface area contributed by atoms with Gasteiger partial charge in [0.05, 0.1) is 17.9 Å². The monoisotopic (exact) mass is 293 g/mol. The molecule has 1 aromatic rings. The van der Waals surface area contributed by atoms with Crippen LogP contribution in [0.4, 0.5) is 4.39 Å². The van der Waals surface area contributed by atoms with E-state index in [1.165, 1.54) is 18.7 Å². The predicted octanol–water partition coefficient (Wildman–Crippen LogP) is 3.22. The van der Waals surface area contributed by atoms with E-state index in [0.717, 1.165) is 31.2 Å². The van der Waals surface area contributed by atoms with Gasteiger partial charge in [0.2, 0.25) is 0 Å². The summed E-state index contributed by atoms with van der Waals surface area (Å²) >= 11 is 0. The van der Waals surface area contributed by atoms with Crippen LogP contribution in [-0.4, -0.2) is 29.5 Å². The number of rotatable bonds is 4. The summed E-state index contributed by atoms with van der Waals surface area (Å²) in [6, 6.07) is 2.98. The Hall–Kier alpha value is -1.00. The van der Waals surface area contributed by atoms with E-state index < -0.39 is 0 Å². The van der Waals surface area contributed by atoms with Crippen LogP contribution in [0.1, 0.15) is 45.9 Å². The highest BCUT2D eigenvalue weighted by atomic mass is 19.1. The first-order valence-electron chi connectivity index (χ1n) is 7.86. The Kier molecular flexibility index (Phi) is 4.99. The second kappa shape index (κ2) is 6.41. The van der Waals surface area contributed by atoms with Gasteiger partial charge in [0.15, 0.2) is 0 Å². The van der Waals surface area contributed by atoms with Gasteiger partial charge in [-0.1, -0.05) is 27.7 Å². The lowest BCUT2D eigenvalue weighted by molar-refractivity contribution is 0.209. The lowest BCUT2D eigenvalue weighted by atomic mass is 9.80. The zero-order valence-corrected chi connectivity index (χ0v) is 13.6. The fourth-order valence-corrected chi connectivity index (χ4v) is 3.10. The van der Waals surface area contributed by atoms with Gasteiger partial charge in [-0.15, -0.1) is 0 Å². The van der Waals surface area contributed by atoms with Crippen LogP contribution in [0.2, 0.25) is 0 Å². The molecule has 1 aliphatic heterocycles. The van der Waals surface area contributed by atoms with Crippen molar-refractivity contribution in [1.29, 1.82) is 0 Å². The predicted molar refractivity (Wildman–Crippen MR) is 84.3 cm³/mol. The summed E-state index contributed by atoms with van der Waals surface area (Å²) in [5.41, 5.74) is 7.42. The van der Waals surface area contributed by atoms with E-state index in [1.807, 2.05) is 0 Å². The number of nitrogens with zero attached hydrogens (tertiary/aromatic N) is 2. The van der Waals surface area contributed by atoms with Gasteiger partial charge >= 0.3 is 0 Å². The normalized spacial score (nSPS) is 23.2. The van der Waals surface area contributed by atoms with Crippen molar-refractivity contribution in [1.82, 2.24) is 9.88 Å². The number of hydrogen-bond donors (Lipinski definition) is 1. The lowest BCUT2D eigenvalue weighted by Gasteiger charge is -2.29. The van der Waals surface area contributed by atoms with Crippen molar-refractivity contribution in [2.24, 2.45) is 23.0 Å². The van der Waals surface area contributed by atoms with E-state index in [-0.39, 0.29) is 11.9 Å². The Balaban J connectivity index is 1.90. The van der Waals surface area contributed by atoms with E-state index in [1.54, 1.807) is 6.07 Å². The molecule has 2 N–H and O–H groups in total. The van der Waals surface area contributed by atoms with Crippen molar-refractivity contribution in [2.45, 2.75) is 40.2 Å². The molecular weight excluding hydrogens is 265 g/mol. The summed E-state index contributed by atoms with van der Waals surface area (Å²) in [5.74, 6) is 0.748. The maximum atomic E-state index is 12.9. The van der Waals surface area contributed by atoms with Gasteiger partial charge in [-0.3, -0.25) is 4.98 Å². The van der Waals surface area contributed by atoms with Gasteiger partial charge in [0.1, 0.15) is 5.82 Å². The fourth-order valence-electron chi connectivity index (χ4n) is 3.10. The minimum atomic E-state index is -0.314. The Morgan fingerprint density at radius 1 is 1.43 bits per heavy atom. The third-order valence-corrected chi connectivity index (χ3v) is 4.75. The van der Waals surface area contributed by atoms with Crippen LogP contribution in [0.5, 0.6) is 0 Å². The quantitative estimate of drug-likeness (QED) is 0.927. The summed E-state index contributed by atoms with van der Waals surface area (Å²) < 4.78 is 12.9. The van der Waals surface area contributed by atoms with Crippen molar-refractivity contribution >= 4 is 0 Å². The second-order valence-electron chi connectivity index (χ2n) is 7.52. The summed E-state index contributed by atoms with van der Waals surface area (Å²) in [7, 11) is 0. The number of nitrogens with two attached hydrogens (primary N) is 1. The molecule has 0 amide bonds. The van der Waals surface area contributed by atoms with Gasteiger partial charge in [-0.25, -0.2) is 4.39 Å². The van der Waals surface area contributed by atoms with E-state index in [2.05, 4.69) is 37.6 Å². The van der Waals surface area contributed by atoms with E-state index in [0.29, 0.717) is 11.3 Å². The number of likely N-dealkylation sites (tertiary alicyclic amines) is 1. The van der Waals surface area contributed by atoms with Crippen LogP contribution < -0.4 is 5.73 Å². The maximum absolute atomic E-state index is 12.9. The number of halogens is 1. The first-order chi connectivity index (χ1) is 9.77. The van der Waals surface area contributed by atoms with Crippen LogP contribution in [-0.2, 0) is 0 Å². The highest BCUT2D eigenvalue weighted by molar-refractivity contribution is 5.10. The molecule has 4 heteroatoms. The first kappa shape index (κ1) is 16.4. The van der Waals surface area contributed by atoms with Crippen molar-refractivity contribution in [3.05, 3.63) is 29.8 Å². The molecule has 3 atom stereocenters. The van der Waals surface area contributed by atoms with Gasteiger partial charge in [0, 0.05) is 13.1 Å². The van der Waals surface area contributed by atoms with Crippen LogP contribution in [0, 0.1) is 23.1 Å². The summed E-state index contributed by atoms with van der Waals surface area (Å²) in [4.78, 5) is 6.61. The summed E-state index contributed by atoms with van der Waals surface area (Å²) in [6.07, 6.45) is 2.51. The molecule has 0 spiro atoms. The average molecular weight is 293 g/mol. The maximum Gasteiger partial charge on any atom is 0.141 e. The van der Waals surface area contributed by atoms with Gasteiger partial charge in [-0.05, 0) is 42.3 Å². The van der Waals surface area contributed by atoms with Crippen LogP contribution in [0.25, 0.3) is 0 Å². The van der Waals surface area contributed by atoms with Crippen LogP contribution in [0.15, 0.2) is 18.3 Å². The molecule has 0 radical (unpaired) electrons. The number of pyridine rings is 1. The smallest absolute Gasteiger partial charge is 0.141 e. The standard InChI is InChI=1S/C17H28FN3/c1-12(16(19)15-6-5-14(18)9-20-15)10-21-8-7-13(11-21)17(2,3)4/h5-6,9,12-13,16H,7-8,10-11,19H2,1-4H3. The molecule has 2 rings (SSSR count). The molecule has 1 fully saturated rings. The minimum Gasteiger partial charge on any atom is -0.322 e. The molecule has 1 aliphatic rings. The van der Waals surface area contributed by atoms with Crippen molar-refractivity contribution in [3.63, 3.8) is 0 Å². The summed E-state index contributed by atoms with van der Waals surface area (Å²) in [5, 5.41) is 0. The zero-order chi connectivity index (χ0) is 15.6. The Morgan fingerprint density at radius 2 is 2.14 bits per heavy atom. The van der Waals surface area contributed by atoms with Crippen molar-refractivity contribution in [3.8, 4) is 0 Å². The molecule has 2 heterocycles. The Labute approximate surface area is 127 Å². The van der Waals surface area contributed by atoms with Crippen LogP contribution in [0.3, 0.4) is 0 Å². The third kappa shape index (κ3) is 4.24. The molecule has 3 nitrogen and oxygen atoms in total. The van der Waals surface area contributed by atoms with Crippen LogP contribution >= 0.6 is 0 Å². The fraction of sp³-hybridized carbons (Fsp3) is 0.706. The van der Waals surface area contributed by atoms with E-state index in [4.69, 9.17) is 5.73 Å². The highest BCUT2D eigenvalue weighted by Crippen LogP contribution is 2.34. The third-order valence-electron chi connectivity index (χ3n) is 4.75. The van der Waals surface area contributed by atoms with Crippen molar-refractivity contribution in [2.75, 3.05) is 19.6 Å². The molecule has 1 saturated heterocycles. The molecule has 21 heavy (non-hydrogen) atoms. The second-order valence-corrected chi connectivity index (χ2v) is 7.52. The first-order valence-corrected chi connectivity index (χ1v) is 7.86. The molecular formula is C17H28FN3. The van der Waals surface area contributed by atoms with E-state index in [9.17, 15) is 4.39 Å². The molecule has 0 saturated carbocycles. The van der Waals surface area contributed by atoms with E-state index >= 15 is 0 Å². The lowest BCUT2D eigenvalue weighted by Crippen LogP contribution is -2.33. The average Bonchev–Trinajstić information content (AvgIpc) is 2.87. The SMILES string of the molecule is CC(CN1CCC(C(C)(C)C)C1)C(N)c1ccc(F)cn1. The molecule has 118 valence electrons. The largest absolute Gasteiger partial charge is 0.322 e. The topological polar surface area (TPSA) is 42.1 Å². The molecule has 0 aromatic carbocycles. The number of aromatic nitrogens is 1. The molecule has 1 aromatic heterocycles. The zero-order valence-electron chi connectivity index (χ0n) is 13.6. The van der Waals surface area contributed by atoms with Gasteiger partial charge in [-0.2, -0.15) is 0 Å². The minimum absolute atomic E-state index is 0.140. The van der Waals surface area contributed by atoms with Crippen molar-refractivity contribution < 1.29 is 4.39 Å². The highest BCUT2D eigenvalue weighted by Gasteiger charge is 2.32. The molecule has 0 aliphatic carbocycles. The molecule has 3 unspecified atom stereocenters. The number of hydrogen-bond acceptors (Lipinski definition) is 3. The van der Waals surface area contributed by atoms with Gasteiger partial charge in [0.25, 0.3) is 0 Å². The summed E-state index contributed by atoms with van der Waals surface area (Å²) in [6.45, 7) is 12.4. The molecule has 0 bridgehead atoms. The van der Waals surface area contributed by atoms with Gasteiger partial charge < -0.3 is 10.6 Å². The Bertz CT molecular complexity index is 452. The Morgan fingerprint density at radius 3 is 2.67 bits per heavy atom.